The van der Waals surface area contributed by atoms with Crippen molar-refractivity contribution < 1.29 is 4.43 Å². The molecule has 0 fully saturated rings. The Labute approximate surface area is 112 Å². The molecule has 0 bridgehead atoms. The summed E-state index contributed by atoms with van der Waals surface area (Å²) in [6, 6.07) is 10.5. The van der Waals surface area contributed by atoms with Gasteiger partial charge in [-0.1, -0.05) is 44.2 Å². The third-order valence-electron chi connectivity index (χ3n) is 2.67. The highest BCUT2D eigenvalue weighted by atomic mass is 28.4. The van der Waals surface area contributed by atoms with Gasteiger partial charge >= 0.3 is 0 Å². The van der Waals surface area contributed by atoms with Crippen LogP contribution in [0.25, 0.3) is 0 Å². The number of nitrogens with zero attached hydrogens (tertiary/aromatic N) is 1. The van der Waals surface area contributed by atoms with Gasteiger partial charge in [0.2, 0.25) is 0 Å². The largest absolute Gasteiger partial charge is 0.415 e. The highest BCUT2D eigenvalue weighted by Gasteiger charge is 2.18. The molecule has 1 atom stereocenters. The van der Waals surface area contributed by atoms with E-state index in [9.17, 15) is 0 Å². The fraction of sp³-hybridized carbons (Fsp3) is 0.533. The molecule has 0 N–H and O–H groups in total. The maximum absolute atomic E-state index is 5.97. The summed E-state index contributed by atoms with van der Waals surface area (Å²) < 4.78 is 5.97. The van der Waals surface area contributed by atoms with Gasteiger partial charge < -0.3 is 4.43 Å². The Morgan fingerprint density at radius 2 is 1.78 bits per heavy atom. The Kier molecular flexibility index (Phi) is 5.76. The SMILES string of the molecule is CC(C)C(CO[Si](C)(C)C)N=Cc1ccccc1. The molecule has 1 aromatic carbocycles. The second-order valence-electron chi connectivity index (χ2n) is 5.92. The lowest BCUT2D eigenvalue weighted by Crippen LogP contribution is -2.31. The molecule has 0 saturated heterocycles. The van der Waals surface area contributed by atoms with Crippen molar-refractivity contribution in [2.45, 2.75) is 39.5 Å². The van der Waals surface area contributed by atoms with E-state index in [4.69, 9.17) is 4.43 Å². The van der Waals surface area contributed by atoms with Crippen LogP contribution in [0.4, 0.5) is 0 Å². The molecule has 1 aromatic rings. The quantitative estimate of drug-likeness (QED) is 0.562. The third kappa shape index (κ3) is 6.12. The molecule has 1 unspecified atom stereocenters. The molecule has 0 aliphatic rings. The summed E-state index contributed by atoms with van der Waals surface area (Å²) in [7, 11) is -1.45. The van der Waals surface area contributed by atoms with E-state index >= 15 is 0 Å². The minimum atomic E-state index is -1.45. The van der Waals surface area contributed by atoms with Gasteiger partial charge in [0.25, 0.3) is 0 Å². The van der Waals surface area contributed by atoms with E-state index in [-0.39, 0.29) is 6.04 Å². The minimum Gasteiger partial charge on any atom is -0.415 e. The van der Waals surface area contributed by atoms with E-state index in [0.717, 1.165) is 12.2 Å². The molecule has 0 radical (unpaired) electrons. The molecule has 0 aliphatic heterocycles. The fourth-order valence-corrected chi connectivity index (χ4v) is 2.13. The molecule has 0 heterocycles. The topological polar surface area (TPSA) is 21.6 Å². The van der Waals surface area contributed by atoms with Crippen molar-refractivity contribution >= 4 is 14.5 Å². The summed E-state index contributed by atoms with van der Waals surface area (Å²) in [4.78, 5) is 4.67. The maximum atomic E-state index is 5.97. The molecule has 100 valence electrons. The van der Waals surface area contributed by atoms with Gasteiger partial charge in [0.15, 0.2) is 8.32 Å². The zero-order valence-corrected chi connectivity index (χ0v) is 13.2. The average Bonchev–Trinajstić information content (AvgIpc) is 2.28. The molecule has 1 rings (SSSR count). The molecular formula is C15H25NOSi. The summed E-state index contributed by atoms with van der Waals surface area (Å²) >= 11 is 0. The van der Waals surface area contributed by atoms with E-state index in [2.05, 4.69) is 50.6 Å². The van der Waals surface area contributed by atoms with Crippen LogP contribution in [0, 0.1) is 5.92 Å². The Morgan fingerprint density at radius 3 is 2.28 bits per heavy atom. The normalized spacial score (nSPS) is 14.3. The summed E-state index contributed by atoms with van der Waals surface area (Å²) in [6.07, 6.45) is 1.96. The van der Waals surface area contributed by atoms with Gasteiger partial charge in [-0.3, -0.25) is 4.99 Å². The molecule has 3 heteroatoms. The van der Waals surface area contributed by atoms with Gasteiger partial charge in [0.1, 0.15) is 0 Å². The molecule has 2 nitrogen and oxygen atoms in total. The van der Waals surface area contributed by atoms with Crippen molar-refractivity contribution in [3.63, 3.8) is 0 Å². The lowest BCUT2D eigenvalue weighted by molar-refractivity contribution is 0.255. The van der Waals surface area contributed by atoms with Crippen LogP contribution in [0.15, 0.2) is 35.3 Å². The first kappa shape index (κ1) is 15.1. The maximum Gasteiger partial charge on any atom is 0.183 e. The first-order valence-electron chi connectivity index (χ1n) is 6.60. The Bertz CT molecular complexity index is 368. The van der Waals surface area contributed by atoms with E-state index < -0.39 is 8.32 Å². The predicted octanol–water partition coefficient (Wildman–Crippen LogP) is 3.98. The van der Waals surface area contributed by atoms with Gasteiger partial charge in [-0.2, -0.15) is 0 Å². The van der Waals surface area contributed by atoms with Crippen LogP contribution in [0.5, 0.6) is 0 Å². The Hall–Kier alpha value is -0.933. The van der Waals surface area contributed by atoms with E-state index in [1.807, 2.05) is 24.4 Å². The van der Waals surface area contributed by atoms with Gasteiger partial charge in [-0.05, 0) is 31.1 Å². The molecular weight excluding hydrogens is 238 g/mol. The summed E-state index contributed by atoms with van der Waals surface area (Å²) in [5.74, 6) is 0.501. The highest BCUT2D eigenvalue weighted by molar-refractivity contribution is 6.69. The van der Waals surface area contributed by atoms with Crippen LogP contribution in [0.3, 0.4) is 0 Å². The minimum absolute atomic E-state index is 0.247. The van der Waals surface area contributed by atoms with Crippen molar-refractivity contribution in [3.05, 3.63) is 35.9 Å². The van der Waals surface area contributed by atoms with Crippen molar-refractivity contribution in [1.82, 2.24) is 0 Å². The van der Waals surface area contributed by atoms with Crippen molar-refractivity contribution in [2.75, 3.05) is 6.61 Å². The average molecular weight is 263 g/mol. The highest BCUT2D eigenvalue weighted by Crippen LogP contribution is 2.11. The van der Waals surface area contributed by atoms with Crippen molar-refractivity contribution in [3.8, 4) is 0 Å². The Balaban J connectivity index is 2.61. The van der Waals surface area contributed by atoms with Crippen LogP contribution >= 0.6 is 0 Å². The second-order valence-corrected chi connectivity index (χ2v) is 10.4. The fourth-order valence-electron chi connectivity index (χ4n) is 1.46. The Morgan fingerprint density at radius 1 is 1.17 bits per heavy atom. The first-order valence-corrected chi connectivity index (χ1v) is 10.0. The van der Waals surface area contributed by atoms with E-state index in [1.54, 1.807) is 0 Å². The zero-order chi connectivity index (χ0) is 13.6. The number of benzene rings is 1. The molecule has 0 saturated carbocycles. The summed E-state index contributed by atoms with van der Waals surface area (Å²) in [5, 5.41) is 0. The van der Waals surface area contributed by atoms with Crippen LogP contribution in [-0.4, -0.2) is 27.2 Å². The van der Waals surface area contributed by atoms with Crippen LogP contribution in [-0.2, 0) is 4.43 Å². The third-order valence-corrected chi connectivity index (χ3v) is 3.70. The number of hydrogen-bond donors (Lipinski definition) is 0. The first-order chi connectivity index (χ1) is 8.38. The second kappa shape index (κ2) is 6.85. The number of aliphatic imine (C=N–C) groups is 1. The standard InChI is InChI=1S/C15H25NOSi/c1-13(2)15(12-17-18(3,4)5)16-11-14-9-7-6-8-10-14/h6-11,13,15H,12H2,1-5H3. The molecule has 18 heavy (non-hydrogen) atoms. The molecule has 0 spiro atoms. The molecule has 0 aromatic heterocycles. The lowest BCUT2D eigenvalue weighted by Gasteiger charge is -2.23. The predicted molar refractivity (Wildman–Crippen MR) is 82.0 cm³/mol. The van der Waals surface area contributed by atoms with Gasteiger partial charge in [-0.15, -0.1) is 0 Å². The lowest BCUT2D eigenvalue weighted by atomic mass is 10.1. The van der Waals surface area contributed by atoms with Crippen LogP contribution in [0.1, 0.15) is 19.4 Å². The molecule has 0 amide bonds. The van der Waals surface area contributed by atoms with Crippen molar-refractivity contribution in [1.29, 1.82) is 0 Å². The van der Waals surface area contributed by atoms with Crippen LogP contribution in [0.2, 0.25) is 19.6 Å². The van der Waals surface area contributed by atoms with Crippen molar-refractivity contribution in [2.24, 2.45) is 10.9 Å². The summed E-state index contributed by atoms with van der Waals surface area (Å²) in [6.45, 7) is 11.8. The smallest absolute Gasteiger partial charge is 0.183 e. The monoisotopic (exact) mass is 263 g/mol. The van der Waals surface area contributed by atoms with Crippen LogP contribution < -0.4 is 0 Å². The van der Waals surface area contributed by atoms with E-state index in [1.165, 1.54) is 0 Å². The summed E-state index contributed by atoms with van der Waals surface area (Å²) in [5.41, 5.74) is 1.15. The number of rotatable bonds is 6. The zero-order valence-electron chi connectivity index (χ0n) is 12.2. The van der Waals surface area contributed by atoms with Gasteiger partial charge in [0, 0.05) is 6.21 Å². The van der Waals surface area contributed by atoms with Gasteiger partial charge in [-0.25, -0.2) is 0 Å². The molecule has 0 aliphatic carbocycles. The van der Waals surface area contributed by atoms with Gasteiger partial charge in [0.05, 0.1) is 12.6 Å². The number of hydrogen-bond acceptors (Lipinski definition) is 2. The van der Waals surface area contributed by atoms with E-state index in [0.29, 0.717) is 5.92 Å².